The van der Waals surface area contributed by atoms with Gasteiger partial charge in [-0.2, -0.15) is 0 Å². The van der Waals surface area contributed by atoms with Crippen molar-refractivity contribution in [1.29, 1.82) is 0 Å². The first-order chi connectivity index (χ1) is 8.25. The van der Waals surface area contributed by atoms with Crippen LogP contribution in [-0.4, -0.2) is 5.24 Å². The molecular weight excluding hydrogens is 236 g/mol. The Morgan fingerprint density at radius 3 is 2.65 bits per heavy atom. The molecule has 0 saturated carbocycles. The lowest BCUT2D eigenvalue weighted by molar-refractivity contribution is -0.111. The van der Waals surface area contributed by atoms with Crippen LogP contribution in [0.2, 0.25) is 0 Å². The summed E-state index contributed by atoms with van der Waals surface area (Å²) in [4.78, 5) is 11.0. The molecule has 0 saturated heterocycles. The smallest absolute Gasteiger partial charge is 0.226 e. The number of carbonyl (C=O) groups is 1. The summed E-state index contributed by atoms with van der Waals surface area (Å²) in [5.41, 5.74) is 2.53. The summed E-state index contributed by atoms with van der Waals surface area (Å²) >= 11 is 5.46. The standard InChI is InChI=1S/C14H9ClO2/c15-13(16)8-9-4-3-7-12-14(9)10-5-1-2-6-11(10)17-12/h1-7H,8H2. The predicted octanol–water partition coefficient (Wildman–Crippen LogP) is 3.89. The fourth-order valence-corrected chi connectivity index (χ4v) is 2.29. The second kappa shape index (κ2) is 3.90. The van der Waals surface area contributed by atoms with Crippen LogP contribution in [0, 0.1) is 0 Å². The lowest BCUT2D eigenvalue weighted by Crippen LogP contribution is -1.93. The molecule has 0 fully saturated rings. The van der Waals surface area contributed by atoms with E-state index in [2.05, 4.69) is 0 Å². The Kier molecular flexibility index (Phi) is 2.37. The van der Waals surface area contributed by atoms with Crippen molar-refractivity contribution in [3.8, 4) is 0 Å². The minimum Gasteiger partial charge on any atom is -0.456 e. The maximum Gasteiger partial charge on any atom is 0.226 e. The molecule has 3 rings (SSSR count). The van der Waals surface area contributed by atoms with Crippen molar-refractivity contribution in [1.82, 2.24) is 0 Å². The van der Waals surface area contributed by atoms with Crippen molar-refractivity contribution < 1.29 is 9.21 Å². The molecule has 3 heteroatoms. The van der Waals surface area contributed by atoms with Crippen molar-refractivity contribution >= 4 is 38.8 Å². The van der Waals surface area contributed by atoms with Gasteiger partial charge in [0.05, 0.1) is 0 Å². The number of benzene rings is 2. The summed E-state index contributed by atoms with van der Waals surface area (Å²) < 4.78 is 5.72. The highest BCUT2D eigenvalue weighted by Crippen LogP contribution is 2.31. The van der Waals surface area contributed by atoms with Crippen molar-refractivity contribution in [2.75, 3.05) is 0 Å². The van der Waals surface area contributed by atoms with Gasteiger partial charge in [-0.15, -0.1) is 0 Å². The highest BCUT2D eigenvalue weighted by molar-refractivity contribution is 6.63. The second-order valence-corrected chi connectivity index (χ2v) is 4.34. The molecule has 1 aromatic heterocycles. The molecule has 0 aliphatic heterocycles. The summed E-state index contributed by atoms with van der Waals surface area (Å²) in [6.45, 7) is 0. The normalized spacial score (nSPS) is 11.1. The lowest BCUT2D eigenvalue weighted by Gasteiger charge is -1.98. The number of hydrogen-bond acceptors (Lipinski definition) is 2. The molecule has 2 nitrogen and oxygen atoms in total. The number of para-hydroxylation sites is 1. The first-order valence-corrected chi connectivity index (χ1v) is 5.71. The van der Waals surface area contributed by atoms with Gasteiger partial charge in [-0.1, -0.05) is 30.3 Å². The van der Waals surface area contributed by atoms with Crippen LogP contribution in [0.3, 0.4) is 0 Å². The molecule has 0 radical (unpaired) electrons. The Morgan fingerprint density at radius 2 is 1.82 bits per heavy atom. The monoisotopic (exact) mass is 244 g/mol. The maximum atomic E-state index is 11.0. The summed E-state index contributed by atoms with van der Waals surface area (Å²) in [7, 11) is 0. The first kappa shape index (κ1) is 10.4. The van der Waals surface area contributed by atoms with Gasteiger partial charge in [-0.3, -0.25) is 4.79 Å². The van der Waals surface area contributed by atoms with E-state index in [9.17, 15) is 4.79 Å². The van der Waals surface area contributed by atoms with E-state index in [1.165, 1.54) is 0 Å². The Hall–Kier alpha value is -1.80. The van der Waals surface area contributed by atoms with Crippen LogP contribution in [0.25, 0.3) is 21.9 Å². The topological polar surface area (TPSA) is 30.2 Å². The van der Waals surface area contributed by atoms with E-state index < -0.39 is 0 Å². The molecule has 0 bridgehead atoms. The molecule has 1 heterocycles. The van der Waals surface area contributed by atoms with Crippen LogP contribution < -0.4 is 0 Å². The highest BCUT2D eigenvalue weighted by Gasteiger charge is 2.11. The average Bonchev–Trinajstić information content (AvgIpc) is 2.67. The third-order valence-electron chi connectivity index (χ3n) is 2.82. The van der Waals surface area contributed by atoms with Gasteiger partial charge in [0, 0.05) is 17.2 Å². The van der Waals surface area contributed by atoms with E-state index in [-0.39, 0.29) is 11.7 Å². The quantitative estimate of drug-likeness (QED) is 0.640. The summed E-state index contributed by atoms with van der Waals surface area (Å²) in [5.74, 6) is 0. The molecule has 0 aliphatic carbocycles. The van der Waals surface area contributed by atoms with E-state index in [1.807, 2.05) is 42.5 Å². The first-order valence-electron chi connectivity index (χ1n) is 5.33. The van der Waals surface area contributed by atoms with Gasteiger partial charge in [0.15, 0.2) is 0 Å². The van der Waals surface area contributed by atoms with Crippen LogP contribution in [0.5, 0.6) is 0 Å². The number of halogens is 1. The Labute approximate surface area is 103 Å². The van der Waals surface area contributed by atoms with Gasteiger partial charge < -0.3 is 4.42 Å². The number of fused-ring (bicyclic) bond motifs is 3. The van der Waals surface area contributed by atoms with Gasteiger partial charge in [0.25, 0.3) is 0 Å². The van der Waals surface area contributed by atoms with Crippen molar-refractivity contribution in [3.05, 3.63) is 48.0 Å². The van der Waals surface area contributed by atoms with E-state index >= 15 is 0 Å². The van der Waals surface area contributed by atoms with Crippen LogP contribution in [-0.2, 0) is 11.2 Å². The number of hydrogen-bond donors (Lipinski definition) is 0. The fraction of sp³-hybridized carbons (Fsp3) is 0.0714. The summed E-state index contributed by atoms with van der Waals surface area (Å²) in [6, 6.07) is 13.5. The van der Waals surface area contributed by atoms with Gasteiger partial charge in [0.1, 0.15) is 11.2 Å². The SMILES string of the molecule is O=C(Cl)Cc1cccc2oc3ccccc3c12. The zero-order valence-corrected chi connectivity index (χ0v) is 9.70. The second-order valence-electron chi connectivity index (χ2n) is 3.92. The largest absolute Gasteiger partial charge is 0.456 e. The zero-order chi connectivity index (χ0) is 11.8. The Morgan fingerprint density at radius 1 is 1.06 bits per heavy atom. The van der Waals surface area contributed by atoms with E-state index in [0.29, 0.717) is 0 Å². The summed E-state index contributed by atoms with van der Waals surface area (Å²) in [5, 5.41) is 1.65. The molecule has 2 aromatic carbocycles. The van der Waals surface area contributed by atoms with E-state index in [0.717, 1.165) is 27.5 Å². The van der Waals surface area contributed by atoms with Gasteiger partial charge in [-0.25, -0.2) is 0 Å². The van der Waals surface area contributed by atoms with Crippen molar-refractivity contribution in [3.63, 3.8) is 0 Å². The zero-order valence-electron chi connectivity index (χ0n) is 8.94. The number of furan rings is 1. The number of carbonyl (C=O) groups excluding carboxylic acids is 1. The van der Waals surface area contributed by atoms with Crippen molar-refractivity contribution in [2.45, 2.75) is 6.42 Å². The Balaban J connectivity index is 2.39. The molecule has 0 amide bonds. The molecule has 0 atom stereocenters. The number of rotatable bonds is 2. The minimum atomic E-state index is -0.359. The molecular formula is C14H9ClO2. The van der Waals surface area contributed by atoms with Crippen LogP contribution in [0.15, 0.2) is 46.9 Å². The van der Waals surface area contributed by atoms with E-state index in [1.54, 1.807) is 0 Å². The van der Waals surface area contributed by atoms with E-state index in [4.69, 9.17) is 16.0 Å². The maximum absolute atomic E-state index is 11.0. The molecule has 0 N–H and O–H groups in total. The molecule has 0 aliphatic rings. The predicted molar refractivity (Wildman–Crippen MR) is 68.3 cm³/mol. The van der Waals surface area contributed by atoms with Crippen LogP contribution in [0.1, 0.15) is 5.56 Å². The minimum absolute atomic E-state index is 0.225. The Bertz CT molecular complexity index is 712. The third-order valence-corrected chi connectivity index (χ3v) is 2.95. The highest BCUT2D eigenvalue weighted by atomic mass is 35.5. The third kappa shape index (κ3) is 1.71. The average molecular weight is 245 g/mol. The molecule has 0 spiro atoms. The molecule has 17 heavy (non-hydrogen) atoms. The molecule has 3 aromatic rings. The summed E-state index contributed by atoms with van der Waals surface area (Å²) in [6.07, 6.45) is 0.225. The van der Waals surface area contributed by atoms with Gasteiger partial charge >= 0.3 is 0 Å². The van der Waals surface area contributed by atoms with Gasteiger partial charge in [0.2, 0.25) is 5.24 Å². The van der Waals surface area contributed by atoms with Crippen molar-refractivity contribution in [2.24, 2.45) is 0 Å². The lowest BCUT2D eigenvalue weighted by atomic mass is 10.0. The van der Waals surface area contributed by atoms with Crippen LogP contribution >= 0.6 is 11.6 Å². The molecule has 84 valence electrons. The fourth-order valence-electron chi connectivity index (χ4n) is 2.15. The molecule has 0 unspecified atom stereocenters. The van der Waals surface area contributed by atoms with Crippen LogP contribution in [0.4, 0.5) is 0 Å². The van der Waals surface area contributed by atoms with Gasteiger partial charge in [-0.05, 0) is 29.3 Å².